The molecule has 2 heteroatoms. The summed E-state index contributed by atoms with van der Waals surface area (Å²) in [5, 5.41) is 9.17. The highest BCUT2D eigenvalue weighted by Crippen LogP contribution is 2.25. The van der Waals surface area contributed by atoms with Crippen LogP contribution in [0.25, 0.3) is 0 Å². The first-order valence-corrected chi connectivity index (χ1v) is 9.29. The van der Waals surface area contributed by atoms with Crippen molar-refractivity contribution in [3.8, 4) is 0 Å². The van der Waals surface area contributed by atoms with E-state index in [4.69, 9.17) is 5.11 Å². The fourth-order valence-electron chi connectivity index (χ4n) is 2.71. The monoisotopic (exact) mass is 320 g/mol. The molecule has 0 saturated carbocycles. The molecule has 0 amide bonds. The Bertz CT molecular complexity index is 386. The average Bonchev–Trinajstić information content (AvgIpc) is 2.55. The summed E-state index contributed by atoms with van der Waals surface area (Å²) in [6, 6.07) is 10.3. The summed E-state index contributed by atoms with van der Waals surface area (Å²) in [6.45, 7) is 8.57. The van der Waals surface area contributed by atoms with Crippen LogP contribution in [-0.4, -0.2) is 11.1 Å². The van der Waals surface area contributed by atoms with Crippen LogP contribution < -0.4 is 0 Å². The lowest BCUT2D eigenvalue weighted by molar-refractivity contribution is -0.142. The van der Waals surface area contributed by atoms with E-state index in [-0.39, 0.29) is 5.92 Å². The number of aryl methyl sites for hydroxylation is 1. The van der Waals surface area contributed by atoms with E-state index >= 15 is 0 Å². The molecular formula is C21H36O2. The SMILES string of the molecule is CCCCC(CC)CC(CCCC)C(=O)O.Cc1ccccc1. The minimum absolute atomic E-state index is 0.109. The summed E-state index contributed by atoms with van der Waals surface area (Å²) in [5.74, 6) is -0.0944. The maximum atomic E-state index is 11.1. The van der Waals surface area contributed by atoms with Crippen LogP contribution in [0.3, 0.4) is 0 Å². The maximum Gasteiger partial charge on any atom is 0.306 e. The summed E-state index contributed by atoms with van der Waals surface area (Å²) in [4.78, 5) is 11.1. The molecule has 0 heterocycles. The third-order valence-electron chi connectivity index (χ3n) is 4.36. The highest BCUT2D eigenvalue weighted by atomic mass is 16.4. The number of unbranched alkanes of at least 4 members (excludes halogenated alkanes) is 2. The summed E-state index contributed by atoms with van der Waals surface area (Å²) in [5.41, 5.74) is 1.32. The van der Waals surface area contributed by atoms with Crippen LogP contribution in [0.15, 0.2) is 30.3 Å². The first-order chi connectivity index (χ1) is 11.0. The smallest absolute Gasteiger partial charge is 0.306 e. The third-order valence-corrected chi connectivity index (χ3v) is 4.36. The molecule has 2 nitrogen and oxygen atoms in total. The summed E-state index contributed by atoms with van der Waals surface area (Å²) in [6.07, 6.45) is 8.64. The molecule has 2 atom stereocenters. The number of benzene rings is 1. The van der Waals surface area contributed by atoms with Gasteiger partial charge in [-0.3, -0.25) is 4.79 Å². The van der Waals surface area contributed by atoms with Crippen molar-refractivity contribution in [3.63, 3.8) is 0 Å². The standard InChI is InChI=1S/C14H28O2.C7H8/c1-4-7-9-12(6-3)11-13(14(15)16)10-8-5-2;1-7-5-3-2-4-6-7/h12-13H,4-11H2,1-3H3,(H,15,16);2-6H,1H3. The van der Waals surface area contributed by atoms with Gasteiger partial charge >= 0.3 is 5.97 Å². The lowest BCUT2D eigenvalue weighted by atomic mass is 9.86. The highest BCUT2D eigenvalue weighted by molar-refractivity contribution is 5.69. The second-order valence-corrected chi connectivity index (χ2v) is 6.48. The molecule has 1 rings (SSSR count). The molecule has 0 fully saturated rings. The Kier molecular flexibility index (Phi) is 13.5. The number of aliphatic carboxylic acids is 1. The molecule has 23 heavy (non-hydrogen) atoms. The molecule has 1 aromatic carbocycles. The van der Waals surface area contributed by atoms with Gasteiger partial charge in [0.2, 0.25) is 0 Å². The van der Waals surface area contributed by atoms with Gasteiger partial charge in [-0.25, -0.2) is 0 Å². The van der Waals surface area contributed by atoms with Crippen LogP contribution in [0.4, 0.5) is 0 Å². The second kappa shape index (κ2) is 14.3. The Balaban J connectivity index is 0.000000568. The minimum Gasteiger partial charge on any atom is -0.481 e. The van der Waals surface area contributed by atoms with Crippen molar-refractivity contribution in [1.82, 2.24) is 0 Å². The fourth-order valence-corrected chi connectivity index (χ4v) is 2.71. The normalized spacial score (nSPS) is 12.9. The van der Waals surface area contributed by atoms with Gasteiger partial charge in [-0.1, -0.05) is 95.2 Å². The van der Waals surface area contributed by atoms with Gasteiger partial charge < -0.3 is 5.11 Å². The largest absolute Gasteiger partial charge is 0.481 e. The number of carbonyl (C=O) groups is 1. The number of carboxylic acids is 1. The maximum absolute atomic E-state index is 11.1. The van der Waals surface area contributed by atoms with Gasteiger partial charge in [0, 0.05) is 0 Å². The molecule has 0 aromatic heterocycles. The van der Waals surface area contributed by atoms with E-state index in [1.807, 2.05) is 18.2 Å². The summed E-state index contributed by atoms with van der Waals surface area (Å²) >= 11 is 0. The highest BCUT2D eigenvalue weighted by Gasteiger charge is 2.20. The number of rotatable bonds is 10. The van der Waals surface area contributed by atoms with Gasteiger partial charge in [0.1, 0.15) is 0 Å². The van der Waals surface area contributed by atoms with Crippen molar-refractivity contribution in [3.05, 3.63) is 35.9 Å². The quantitative estimate of drug-likeness (QED) is 0.535. The zero-order valence-corrected chi connectivity index (χ0v) is 15.6. The van der Waals surface area contributed by atoms with E-state index in [1.54, 1.807) is 0 Å². The molecule has 0 saturated heterocycles. The minimum atomic E-state index is -0.594. The van der Waals surface area contributed by atoms with Crippen molar-refractivity contribution >= 4 is 5.97 Å². The van der Waals surface area contributed by atoms with E-state index in [2.05, 4.69) is 39.8 Å². The van der Waals surface area contributed by atoms with Gasteiger partial charge in [0.15, 0.2) is 0 Å². The Morgan fingerprint density at radius 2 is 1.57 bits per heavy atom. The number of hydrogen-bond acceptors (Lipinski definition) is 1. The molecule has 0 bridgehead atoms. The van der Waals surface area contributed by atoms with Gasteiger partial charge in [0.25, 0.3) is 0 Å². The first-order valence-electron chi connectivity index (χ1n) is 9.29. The van der Waals surface area contributed by atoms with E-state index in [1.165, 1.54) is 24.8 Å². The Morgan fingerprint density at radius 1 is 1.00 bits per heavy atom. The molecule has 0 aliphatic carbocycles. The van der Waals surface area contributed by atoms with Crippen LogP contribution in [0.5, 0.6) is 0 Å². The van der Waals surface area contributed by atoms with Crippen LogP contribution in [0, 0.1) is 18.8 Å². The summed E-state index contributed by atoms with van der Waals surface area (Å²) < 4.78 is 0. The third kappa shape index (κ3) is 11.9. The molecule has 0 spiro atoms. The van der Waals surface area contributed by atoms with E-state index in [9.17, 15) is 4.79 Å². The predicted octanol–water partition coefficient (Wildman–Crippen LogP) is 6.48. The van der Waals surface area contributed by atoms with Crippen molar-refractivity contribution < 1.29 is 9.90 Å². The van der Waals surface area contributed by atoms with Gasteiger partial charge in [0.05, 0.1) is 5.92 Å². The van der Waals surface area contributed by atoms with Gasteiger partial charge in [-0.05, 0) is 25.7 Å². The lowest BCUT2D eigenvalue weighted by Crippen LogP contribution is -2.18. The zero-order valence-electron chi connectivity index (χ0n) is 15.6. The molecular weight excluding hydrogens is 284 g/mol. The molecule has 1 N–H and O–H groups in total. The Hall–Kier alpha value is -1.31. The zero-order chi connectivity index (χ0) is 17.5. The molecule has 132 valence electrons. The number of hydrogen-bond donors (Lipinski definition) is 1. The topological polar surface area (TPSA) is 37.3 Å². The summed E-state index contributed by atoms with van der Waals surface area (Å²) in [7, 11) is 0. The Labute approximate surface area is 143 Å². The van der Waals surface area contributed by atoms with E-state index in [0.717, 1.165) is 32.1 Å². The van der Waals surface area contributed by atoms with Crippen molar-refractivity contribution in [2.45, 2.75) is 79.1 Å². The van der Waals surface area contributed by atoms with E-state index < -0.39 is 5.97 Å². The molecule has 0 aliphatic rings. The van der Waals surface area contributed by atoms with Crippen LogP contribution >= 0.6 is 0 Å². The van der Waals surface area contributed by atoms with Crippen molar-refractivity contribution in [2.75, 3.05) is 0 Å². The van der Waals surface area contributed by atoms with E-state index in [0.29, 0.717) is 5.92 Å². The van der Waals surface area contributed by atoms with Crippen molar-refractivity contribution in [2.24, 2.45) is 11.8 Å². The van der Waals surface area contributed by atoms with Crippen LogP contribution in [0.1, 0.15) is 77.7 Å². The predicted molar refractivity (Wildman–Crippen MR) is 99.8 cm³/mol. The van der Waals surface area contributed by atoms with Crippen molar-refractivity contribution in [1.29, 1.82) is 0 Å². The fraction of sp³-hybridized carbons (Fsp3) is 0.667. The molecule has 1 aromatic rings. The molecule has 2 unspecified atom stereocenters. The molecule has 0 aliphatic heterocycles. The second-order valence-electron chi connectivity index (χ2n) is 6.48. The first kappa shape index (κ1) is 21.7. The average molecular weight is 321 g/mol. The van der Waals surface area contributed by atoms with Crippen LogP contribution in [-0.2, 0) is 4.79 Å². The Morgan fingerprint density at radius 3 is 1.96 bits per heavy atom. The van der Waals surface area contributed by atoms with Crippen LogP contribution in [0.2, 0.25) is 0 Å². The van der Waals surface area contributed by atoms with Gasteiger partial charge in [-0.15, -0.1) is 0 Å². The number of carboxylic acid groups (broad SMARTS) is 1. The lowest BCUT2D eigenvalue weighted by Gasteiger charge is -2.19. The molecule has 0 radical (unpaired) electrons. The van der Waals surface area contributed by atoms with Gasteiger partial charge in [-0.2, -0.15) is 0 Å².